The minimum absolute atomic E-state index is 0. The summed E-state index contributed by atoms with van der Waals surface area (Å²) in [5, 5.41) is 3.46. The topological polar surface area (TPSA) is 39.7 Å². The Morgan fingerprint density at radius 2 is 1.92 bits per heavy atom. The molecule has 0 saturated carbocycles. The van der Waals surface area contributed by atoms with Crippen molar-refractivity contribution in [2.24, 2.45) is 0 Å². The largest absolute Gasteiger partial charge is 0.490 e. The van der Waals surface area contributed by atoms with E-state index in [4.69, 9.17) is 14.2 Å². The van der Waals surface area contributed by atoms with Crippen LogP contribution in [0.1, 0.15) is 24.1 Å². The number of hydrogen-bond acceptors (Lipinski definition) is 4. The summed E-state index contributed by atoms with van der Waals surface area (Å²) in [5.41, 5.74) is 2.31. The van der Waals surface area contributed by atoms with E-state index in [-0.39, 0.29) is 18.4 Å². The second-order valence-electron chi connectivity index (χ2n) is 5.50. The Hall–Kier alpha value is -1.75. The molecule has 0 bridgehead atoms. The molecule has 1 saturated heterocycles. The third-order valence-electron chi connectivity index (χ3n) is 3.83. The van der Waals surface area contributed by atoms with E-state index < -0.39 is 0 Å². The van der Waals surface area contributed by atoms with E-state index in [1.54, 1.807) is 0 Å². The highest BCUT2D eigenvalue weighted by molar-refractivity contribution is 5.85. The fourth-order valence-corrected chi connectivity index (χ4v) is 2.64. The van der Waals surface area contributed by atoms with Gasteiger partial charge in [-0.15, -0.1) is 12.4 Å². The molecule has 130 valence electrons. The molecular weight excluding hydrogens is 326 g/mol. The number of rotatable bonds is 6. The fraction of sp³-hybridized carbons (Fsp3) is 0.368. The second-order valence-corrected chi connectivity index (χ2v) is 5.50. The fourth-order valence-electron chi connectivity index (χ4n) is 2.64. The van der Waals surface area contributed by atoms with Gasteiger partial charge in [-0.1, -0.05) is 36.4 Å². The standard InChI is InChI=1S/C19H23NO3.ClH/c1-2-22-19-12-16(17-14-21-11-10-20-17)8-9-18(19)23-13-15-6-4-3-5-7-15;/h3-9,12,17,20H,2,10-11,13-14H2,1H3;1H/t17-;/m1./s1. The molecule has 2 aromatic rings. The zero-order valence-corrected chi connectivity index (χ0v) is 14.7. The smallest absolute Gasteiger partial charge is 0.161 e. The molecule has 2 aromatic carbocycles. The number of hydrogen-bond donors (Lipinski definition) is 1. The first kappa shape index (κ1) is 18.6. The predicted octanol–water partition coefficient (Wildman–Crippen LogP) is 3.75. The molecule has 1 fully saturated rings. The minimum atomic E-state index is 0. The van der Waals surface area contributed by atoms with Crippen LogP contribution in [0.2, 0.25) is 0 Å². The number of benzene rings is 2. The maximum atomic E-state index is 5.94. The average molecular weight is 350 g/mol. The van der Waals surface area contributed by atoms with Gasteiger partial charge in [0.2, 0.25) is 0 Å². The quantitative estimate of drug-likeness (QED) is 0.862. The van der Waals surface area contributed by atoms with Crippen LogP contribution in [0, 0.1) is 0 Å². The molecule has 1 atom stereocenters. The van der Waals surface area contributed by atoms with Gasteiger partial charge in [-0.3, -0.25) is 0 Å². The molecule has 1 aliphatic heterocycles. The van der Waals surface area contributed by atoms with Gasteiger partial charge >= 0.3 is 0 Å². The van der Waals surface area contributed by atoms with Crippen molar-refractivity contribution in [3.8, 4) is 11.5 Å². The molecule has 0 aliphatic carbocycles. The van der Waals surface area contributed by atoms with Crippen molar-refractivity contribution in [2.75, 3.05) is 26.4 Å². The summed E-state index contributed by atoms with van der Waals surface area (Å²) in [6, 6.07) is 16.5. The van der Waals surface area contributed by atoms with Crippen molar-refractivity contribution in [1.82, 2.24) is 5.32 Å². The van der Waals surface area contributed by atoms with Crippen LogP contribution < -0.4 is 14.8 Å². The maximum absolute atomic E-state index is 5.94. The third kappa shape index (κ3) is 4.87. The zero-order chi connectivity index (χ0) is 15.9. The summed E-state index contributed by atoms with van der Waals surface area (Å²) in [7, 11) is 0. The van der Waals surface area contributed by atoms with Gasteiger partial charge in [-0.2, -0.15) is 0 Å². The number of nitrogens with one attached hydrogen (secondary N) is 1. The van der Waals surface area contributed by atoms with E-state index >= 15 is 0 Å². The van der Waals surface area contributed by atoms with E-state index in [0.717, 1.165) is 30.2 Å². The highest BCUT2D eigenvalue weighted by Crippen LogP contribution is 2.31. The lowest BCUT2D eigenvalue weighted by Gasteiger charge is -2.25. The van der Waals surface area contributed by atoms with Crippen molar-refractivity contribution in [2.45, 2.75) is 19.6 Å². The van der Waals surface area contributed by atoms with Gasteiger partial charge < -0.3 is 19.5 Å². The average Bonchev–Trinajstić information content (AvgIpc) is 2.62. The van der Waals surface area contributed by atoms with Gasteiger partial charge in [0.25, 0.3) is 0 Å². The maximum Gasteiger partial charge on any atom is 0.161 e. The normalized spacial score (nSPS) is 17.0. The first-order valence-corrected chi connectivity index (χ1v) is 8.11. The summed E-state index contributed by atoms with van der Waals surface area (Å²) >= 11 is 0. The van der Waals surface area contributed by atoms with Gasteiger partial charge in [-0.25, -0.2) is 0 Å². The Kier molecular flexibility index (Phi) is 7.37. The van der Waals surface area contributed by atoms with Gasteiger partial charge in [-0.05, 0) is 30.2 Å². The van der Waals surface area contributed by atoms with Crippen LogP contribution in [0.5, 0.6) is 11.5 Å². The predicted molar refractivity (Wildman–Crippen MR) is 97.2 cm³/mol. The van der Waals surface area contributed by atoms with Crippen molar-refractivity contribution in [1.29, 1.82) is 0 Å². The van der Waals surface area contributed by atoms with Gasteiger partial charge in [0.05, 0.1) is 25.9 Å². The summed E-state index contributed by atoms with van der Waals surface area (Å²) < 4.78 is 17.2. The van der Waals surface area contributed by atoms with E-state index in [0.29, 0.717) is 19.8 Å². The first-order valence-electron chi connectivity index (χ1n) is 8.11. The van der Waals surface area contributed by atoms with Crippen molar-refractivity contribution >= 4 is 12.4 Å². The van der Waals surface area contributed by atoms with Crippen LogP contribution in [0.25, 0.3) is 0 Å². The summed E-state index contributed by atoms with van der Waals surface area (Å²) in [4.78, 5) is 0. The third-order valence-corrected chi connectivity index (χ3v) is 3.83. The molecule has 0 spiro atoms. The minimum Gasteiger partial charge on any atom is -0.490 e. The second kappa shape index (κ2) is 9.52. The highest BCUT2D eigenvalue weighted by Gasteiger charge is 2.17. The van der Waals surface area contributed by atoms with Gasteiger partial charge in [0, 0.05) is 6.54 Å². The molecule has 4 nitrogen and oxygen atoms in total. The molecule has 5 heteroatoms. The summed E-state index contributed by atoms with van der Waals surface area (Å²) in [6.07, 6.45) is 0. The molecule has 1 N–H and O–H groups in total. The molecular formula is C19H24ClNO3. The lowest BCUT2D eigenvalue weighted by Crippen LogP contribution is -2.34. The Labute approximate surface area is 149 Å². The van der Waals surface area contributed by atoms with E-state index in [9.17, 15) is 0 Å². The van der Waals surface area contributed by atoms with Gasteiger partial charge in [0.1, 0.15) is 6.61 Å². The van der Waals surface area contributed by atoms with Crippen LogP contribution >= 0.6 is 12.4 Å². The summed E-state index contributed by atoms with van der Waals surface area (Å²) in [5.74, 6) is 1.56. The van der Waals surface area contributed by atoms with Gasteiger partial charge in [0.15, 0.2) is 11.5 Å². The van der Waals surface area contributed by atoms with E-state index in [2.05, 4.69) is 29.6 Å². The Morgan fingerprint density at radius 1 is 1.08 bits per heavy atom. The van der Waals surface area contributed by atoms with E-state index in [1.165, 1.54) is 5.56 Å². The van der Waals surface area contributed by atoms with Crippen LogP contribution in [-0.2, 0) is 11.3 Å². The highest BCUT2D eigenvalue weighted by atomic mass is 35.5. The van der Waals surface area contributed by atoms with Crippen LogP contribution in [-0.4, -0.2) is 26.4 Å². The molecule has 0 radical (unpaired) electrons. The molecule has 0 amide bonds. The summed E-state index contributed by atoms with van der Waals surface area (Å²) in [6.45, 7) is 5.46. The number of halogens is 1. The van der Waals surface area contributed by atoms with E-state index in [1.807, 2.05) is 31.2 Å². The Morgan fingerprint density at radius 3 is 2.62 bits per heavy atom. The molecule has 0 unspecified atom stereocenters. The number of ether oxygens (including phenoxy) is 3. The van der Waals surface area contributed by atoms with Crippen LogP contribution in [0.3, 0.4) is 0 Å². The van der Waals surface area contributed by atoms with Crippen LogP contribution in [0.15, 0.2) is 48.5 Å². The van der Waals surface area contributed by atoms with Crippen molar-refractivity contribution < 1.29 is 14.2 Å². The molecule has 1 aliphatic rings. The molecule has 1 heterocycles. The monoisotopic (exact) mass is 349 g/mol. The van der Waals surface area contributed by atoms with Crippen molar-refractivity contribution in [3.63, 3.8) is 0 Å². The number of morpholine rings is 1. The van der Waals surface area contributed by atoms with Crippen molar-refractivity contribution in [3.05, 3.63) is 59.7 Å². The Balaban J connectivity index is 0.00000208. The SMILES string of the molecule is CCOc1cc([C@H]2COCCN2)ccc1OCc1ccccc1.Cl. The molecule has 24 heavy (non-hydrogen) atoms. The van der Waals surface area contributed by atoms with Crippen LogP contribution in [0.4, 0.5) is 0 Å². The first-order chi connectivity index (χ1) is 11.4. The lowest BCUT2D eigenvalue weighted by atomic mass is 10.1. The lowest BCUT2D eigenvalue weighted by molar-refractivity contribution is 0.0767. The molecule has 3 rings (SSSR count). The Bertz CT molecular complexity index is 615. The molecule has 0 aromatic heterocycles. The zero-order valence-electron chi connectivity index (χ0n) is 13.9.